The minimum absolute atomic E-state index is 0.00217. The molecule has 9 heteroatoms. The summed E-state index contributed by atoms with van der Waals surface area (Å²) in [5.74, 6) is -0.526. The first-order valence-corrected chi connectivity index (χ1v) is 7.51. The minimum Gasteiger partial charge on any atom is -0.493 e. The molecular weight excluding hydrogens is 350 g/mol. The predicted molar refractivity (Wildman–Crippen MR) is 91.8 cm³/mol. The first kappa shape index (κ1) is 18.2. The van der Waals surface area contributed by atoms with Crippen LogP contribution in [0.25, 0.3) is 0 Å². The normalized spacial score (nSPS) is 10.1. The van der Waals surface area contributed by atoms with Gasteiger partial charge in [0.25, 0.3) is 11.6 Å². The summed E-state index contributed by atoms with van der Waals surface area (Å²) in [6, 6.07) is 10.0. The third-order valence-electron chi connectivity index (χ3n) is 3.13. The van der Waals surface area contributed by atoms with Crippen molar-refractivity contribution in [2.75, 3.05) is 11.9 Å². The molecule has 25 heavy (non-hydrogen) atoms. The fraction of sp³-hybridized carbons (Fsp3) is 0.125. The van der Waals surface area contributed by atoms with Gasteiger partial charge in [-0.2, -0.15) is 0 Å². The molecule has 0 saturated heterocycles. The number of nitro groups is 1. The molecule has 0 radical (unpaired) electrons. The van der Waals surface area contributed by atoms with Crippen molar-refractivity contribution in [3.63, 3.8) is 0 Å². The number of nitrogens with zero attached hydrogens (tertiary/aromatic N) is 1. The summed E-state index contributed by atoms with van der Waals surface area (Å²) >= 11 is 5.93. The monoisotopic (exact) mass is 363 g/mol. The van der Waals surface area contributed by atoms with Crippen molar-refractivity contribution in [1.82, 2.24) is 0 Å². The molecule has 0 heterocycles. The number of benzene rings is 2. The maximum atomic E-state index is 12.2. The molecule has 0 aliphatic rings. The van der Waals surface area contributed by atoms with Crippen LogP contribution in [0.4, 0.5) is 11.4 Å². The highest BCUT2D eigenvalue weighted by molar-refractivity contribution is 6.34. The molecule has 130 valence electrons. The Morgan fingerprint density at radius 1 is 1.20 bits per heavy atom. The zero-order valence-corrected chi connectivity index (χ0v) is 13.7. The van der Waals surface area contributed by atoms with E-state index in [2.05, 4.69) is 5.32 Å². The number of carbonyl (C=O) groups excluding carboxylic acids is 2. The van der Waals surface area contributed by atoms with E-state index < -0.39 is 16.7 Å². The van der Waals surface area contributed by atoms with E-state index in [1.54, 1.807) is 24.3 Å². The van der Waals surface area contributed by atoms with Crippen LogP contribution in [0.5, 0.6) is 5.75 Å². The Bertz CT molecular complexity index is 808. The number of non-ortho nitro benzene ring substituents is 1. The van der Waals surface area contributed by atoms with Crippen LogP contribution in [0.1, 0.15) is 16.8 Å². The summed E-state index contributed by atoms with van der Waals surface area (Å²) in [4.78, 5) is 33.1. The molecule has 0 aliphatic heterocycles. The molecule has 0 unspecified atom stereocenters. The number of rotatable bonds is 7. The third kappa shape index (κ3) is 5.18. The lowest BCUT2D eigenvalue weighted by Crippen LogP contribution is -2.14. The van der Waals surface area contributed by atoms with Crippen molar-refractivity contribution in [2.45, 2.75) is 6.42 Å². The van der Waals surface area contributed by atoms with Gasteiger partial charge in [-0.15, -0.1) is 0 Å². The van der Waals surface area contributed by atoms with Gasteiger partial charge in [0, 0.05) is 17.8 Å². The van der Waals surface area contributed by atoms with Gasteiger partial charge in [-0.1, -0.05) is 11.6 Å². The highest BCUT2D eigenvalue weighted by Gasteiger charge is 2.16. The van der Waals surface area contributed by atoms with Crippen LogP contribution in [0.3, 0.4) is 0 Å². The van der Waals surface area contributed by atoms with Gasteiger partial charge in [-0.3, -0.25) is 19.7 Å². The van der Waals surface area contributed by atoms with Gasteiger partial charge in [0.1, 0.15) is 5.75 Å². The van der Waals surface area contributed by atoms with E-state index >= 15 is 0 Å². The number of hydrogen-bond donors (Lipinski definition) is 2. The zero-order valence-electron chi connectivity index (χ0n) is 12.9. The second-order valence-corrected chi connectivity index (χ2v) is 5.37. The van der Waals surface area contributed by atoms with Crippen LogP contribution in [0, 0.1) is 10.1 Å². The summed E-state index contributed by atoms with van der Waals surface area (Å²) < 4.78 is 5.31. The average Bonchev–Trinajstić information content (AvgIpc) is 2.56. The van der Waals surface area contributed by atoms with Crippen LogP contribution >= 0.6 is 11.6 Å². The van der Waals surface area contributed by atoms with Gasteiger partial charge >= 0.3 is 0 Å². The topological polar surface area (TPSA) is 125 Å². The van der Waals surface area contributed by atoms with Crippen LogP contribution in [-0.2, 0) is 4.79 Å². The van der Waals surface area contributed by atoms with Crippen molar-refractivity contribution in [2.24, 2.45) is 5.73 Å². The Morgan fingerprint density at radius 3 is 2.48 bits per heavy atom. The lowest BCUT2D eigenvalue weighted by atomic mass is 10.2. The van der Waals surface area contributed by atoms with E-state index in [0.29, 0.717) is 11.4 Å². The van der Waals surface area contributed by atoms with E-state index in [1.165, 1.54) is 12.1 Å². The number of nitrogens with one attached hydrogen (secondary N) is 1. The van der Waals surface area contributed by atoms with Crippen LogP contribution in [0.15, 0.2) is 42.5 Å². The second-order valence-electron chi connectivity index (χ2n) is 4.96. The average molecular weight is 364 g/mol. The van der Waals surface area contributed by atoms with Gasteiger partial charge in [-0.25, -0.2) is 0 Å². The Hall–Kier alpha value is -3.13. The van der Waals surface area contributed by atoms with Gasteiger partial charge in [0.2, 0.25) is 5.91 Å². The molecule has 2 aromatic carbocycles. The standard InChI is InChI=1S/C16H14ClN3O5/c17-14-6-3-11(20(23)24)9-13(14)16(22)19-10-1-4-12(5-2-10)25-8-7-15(18)21/h1-6,9H,7-8H2,(H2,18,21)(H,19,22). The first-order chi connectivity index (χ1) is 11.9. The first-order valence-electron chi connectivity index (χ1n) is 7.13. The largest absolute Gasteiger partial charge is 0.493 e. The fourth-order valence-electron chi connectivity index (χ4n) is 1.90. The van der Waals surface area contributed by atoms with E-state index in [1.807, 2.05) is 0 Å². The molecular formula is C16H14ClN3O5. The van der Waals surface area contributed by atoms with Crippen molar-refractivity contribution < 1.29 is 19.2 Å². The SMILES string of the molecule is NC(=O)CCOc1ccc(NC(=O)c2cc([N+](=O)[O-])ccc2Cl)cc1. The lowest BCUT2D eigenvalue weighted by molar-refractivity contribution is -0.384. The number of hydrogen-bond acceptors (Lipinski definition) is 5. The number of carbonyl (C=O) groups is 2. The van der Waals surface area contributed by atoms with E-state index in [-0.39, 0.29) is 29.3 Å². The van der Waals surface area contributed by atoms with Crippen LogP contribution < -0.4 is 15.8 Å². The molecule has 0 atom stereocenters. The van der Waals surface area contributed by atoms with E-state index in [0.717, 1.165) is 6.07 Å². The number of halogens is 1. The van der Waals surface area contributed by atoms with Gasteiger partial charge < -0.3 is 15.8 Å². The summed E-state index contributed by atoms with van der Waals surface area (Å²) in [6.07, 6.45) is 0.101. The number of primary amides is 1. The number of nitrogens with two attached hydrogens (primary N) is 1. The molecule has 0 spiro atoms. The molecule has 3 N–H and O–H groups in total. The summed E-state index contributed by atoms with van der Waals surface area (Å²) in [6.45, 7) is 0.157. The molecule has 8 nitrogen and oxygen atoms in total. The van der Waals surface area contributed by atoms with Gasteiger partial charge in [0.15, 0.2) is 0 Å². The molecule has 0 aliphatic carbocycles. The maximum absolute atomic E-state index is 12.2. The number of amides is 2. The smallest absolute Gasteiger partial charge is 0.270 e. The Kier molecular flexibility index (Phi) is 5.91. The Balaban J connectivity index is 2.04. The Morgan fingerprint density at radius 2 is 1.88 bits per heavy atom. The highest BCUT2D eigenvalue weighted by Crippen LogP contribution is 2.23. The molecule has 2 rings (SSSR count). The van der Waals surface area contributed by atoms with Crippen molar-refractivity contribution >= 4 is 34.8 Å². The van der Waals surface area contributed by atoms with Crippen LogP contribution in [-0.4, -0.2) is 23.3 Å². The molecule has 2 aromatic rings. The van der Waals surface area contributed by atoms with E-state index in [9.17, 15) is 19.7 Å². The zero-order chi connectivity index (χ0) is 18.4. The number of nitro benzene ring substituents is 1. The van der Waals surface area contributed by atoms with Gasteiger partial charge in [0.05, 0.1) is 28.5 Å². The predicted octanol–water partition coefficient (Wildman–Crippen LogP) is 2.75. The van der Waals surface area contributed by atoms with Crippen molar-refractivity contribution in [3.8, 4) is 5.75 Å². The Labute approximate surface area is 147 Å². The quantitative estimate of drug-likeness (QED) is 0.578. The van der Waals surface area contributed by atoms with Gasteiger partial charge in [-0.05, 0) is 30.3 Å². The maximum Gasteiger partial charge on any atom is 0.270 e. The molecule has 0 saturated carbocycles. The number of anilines is 1. The summed E-state index contributed by atoms with van der Waals surface area (Å²) in [5, 5.41) is 13.5. The molecule has 0 fully saturated rings. The summed E-state index contributed by atoms with van der Waals surface area (Å²) in [7, 11) is 0. The van der Waals surface area contributed by atoms with Crippen molar-refractivity contribution in [3.05, 3.63) is 63.2 Å². The second kappa shape index (κ2) is 8.11. The lowest BCUT2D eigenvalue weighted by Gasteiger charge is -2.08. The van der Waals surface area contributed by atoms with Crippen molar-refractivity contribution in [1.29, 1.82) is 0 Å². The molecule has 0 aromatic heterocycles. The molecule has 2 amide bonds. The summed E-state index contributed by atoms with van der Waals surface area (Å²) in [5.41, 5.74) is 5.24. The third-order valence-corrected chi connectivity index (χ3v) is 3.46. The van der Waals surface area contributed by atoms with Crippen LogP contribution in [0.2, 0.25) is 5.02 Å². The minimum atomic E-state index is -0.606. The number of ether oxygens (including phenoxy) is 1. The fourth-order valence-corrected chi connectivity index (χ4v) is 2.11. The molecule has 0 bridgehead atoms. The highest BCUT2D eigenvalue weighted by atomic mass is 35.5. The van der Waals surface area contributed by atoms with E-state index in [4.69, 9.17) is 22.1 Å².